The Labute approximate surface area is 130 Å². The molecule has 3 rings (SSSR count). The monoisotopic (exact) mass is 301 g/mol. The molecule has 21 heavy (non-hydrogen) atoms. The summed E-state index contributed by atoms with van der Waals surface area (Å²) in [4.78, 5) is 11.6. The molecule has 1 N–H and O–H groups in total. The lowest BCUT2D eigenvalue weighted by atomic mass is 9.97. The SMILES string of the molecule is Cc1nc(NCCC2=CCCCC2)c2c(C)c(C)sc2n1. The number of nitrogens with one attached hydrogen (secondary N) is 1. The number of aromatic nitrogens is 2. The van der Waals surface area contributed by atoms with Gasteiger partial charge in [-0.25, -0.2) is 9.97 Å². The molecule has 0 radical (unpaired) electrons. The van der Waals surface area contributed by atoms with Crippen LogP contribution in [0, 0.1) is 20.8 Å². The molecule has 0 saturated heterocycles. The lowest BCUT2D eigenvalue weighted by Crippen LogP contribution is -2.07. The number of thiophene rings is 1. The minimum Gasteiger partial charge on any atom is -0.369 e. The third-order valence-corrected chi connectivity index (χ3v) is 5.37. The topological polar surface area (TPSA) is 37.8 Å². The minimum atomic E-state index is 0.850. The Balaban J connectivity index is 1.78. The highest BCUT2D eigenvalue weighted by Gasteiger charge is 2.13. The molecule has 3 nitrogen and oxygen atoms in total. The van der Waals surface area contributed by atoms with E-state index >= 15 is 0 Å². The van der Waals surface area contributed by atoms with Crippen molar-refractivity contribution in [1.82, 2.24) is 9.97 Å². The Kier molecular flexibility index (Phi) is 4.24. The van der Waals surface area contributed by atoms with E-state index in [1.807, 2.05) is 6.92 Å². The van der Waals surface area contributed by atoms with Gasteiger partial charge in [0.05, 0.1) is 5.39 Å². The summed E-state index contributed by atoms with van der Waals surface area (Å²) in [5.74, 6) is 1.86. The summed E-state index contributed by atoms with van der Waals surface area (Å²) in [7, 11) is 0. The number of nitrogens with zero attached hydrogens (tertiary/aromatic N) is 2. The molecular weight excluding hydrogens is 278 g/mol. The quantitative estimate of drug-likeness (QED) is 0.815. The molecule has 1 aliphatic rings. The van der Waals surface area contributed by atoms with E-state index in [9.17, 15) is 0 Å². The van der Waals surface area contributed by atoms with Crippen LogP contribution in [0.3, 0.4) is 0 Å². The van der Waals surface area contributed by atoms with Crippen LogP contribution in [0.15, 0.2) is 11.6 Å². The zero-order chi connectivity index (χ0) is 14.8. The molecule has 2 aromatic heterocycles. The van der Waals surface area contributed by atoms with Gasteiger partial charge >= 0.3 is 0 Å². The van der Waals surface area contributed by atoms with Crippen molar-refractivity contribution in [3.8, 4) is 0 Å². The number of aryl methyl sites for hydroxylation is 3. The highest BCUT2D eigenvalue weighted by atomic mass is 32.1. The zero-order valence-corrected chi connectivity index (χ0v) is 13.9. The van der Waals surface area contributed by atoms with E-state index in [4.69, 9.17) is 0 Å². The number of hydrogen-bond donors (Lipinski definition) is 1. The molecule has 0 bridgehead atoms. The lowest BCUT2D eigenvalue weighted by molar-refractivity contribution is 0.679. The highest BCUT2D eigenvalue weighted by molar-refractivity contribution is 7.18. The van der Waals surface area contributed by atoms with Crippen molar-refractivity contribution in [2.75, 3.05) is 11.9 Å². The number of allylic oxidation sites excluding steroid dienone is 1. The molecule has 112 valence electrons. The van der Waals surface area contributed by atoms with Gasteiger partial charge in [-0.1, -0.05) is 11.6 Å². The number of rotatable bonds is 4. The van der Waals surface area contributed by atoms with E-state index in [1.54, 1.807) is 16.9 Å². The van der Waals surface area contributed by atoms with Gasteiger partial charge in [0.2, 0.25) is 0 Å². The standard InChI is InChI=1S/C17H23N3S/c1-11-12(2)21-17-15(11)16(19-13(3)20-17)18-10-9-14-7-5-4-6-8-14/h7H,4-6,8-10H2,1-3H3,(H,18,19,20). The van der Waals surface area contributed by atoms with E-state index in [0.29, 0.717) is 0 Å². The van der Waals surface area contributed by atoms with Crippen molar-refractivity contribution in [1.29, 1.82) is 0 Å². The molecular formula is C17H23N3S. The van der Waals surface area contributed by atoms with Gasteiger partial charge in [0, 0.05) is 11.4 Å². The van der Waals surface area contributed by atoms with Gasteiger partial charge in [0.15, 0.2) is 0 Å². The maximum atomic E-state index is 4.62. The average Bonchev–Trinajstić information content (AvgIpc) is 2.75. The van der Waals surface area contributed by atoms with Crippen molar-refractivity contribution in [2.24, 2.45) is 0 Å². The molecule has 0 unspecified atom stereocenters. The van der Waals surface area contributed by atoms with Crippen molar-refractivity contribution >= 4 is 27.4 Å². The Bertz CT molecular complexity index is 685. The van der Waals surface area contributed by atoms with Gasteiger partial charge < -0.3 is 5.32 Å². The van der Waals surface area contributed by atoms with Crippen LogP contribution in [0.2, 0.25) is 0 Å². The molecule has 0 atom stereocenters. The second-order valence-corrected chi connectivity index (χ2v) is 7.07. The van der Waals surface area contributed by atoms with Gasteiger partial charge in [-0.15, -0.1) is 11.3 Å². The molecule has 0 spiro atoms. The fraction of sp³-hybridized carbons (Fsp3) is 0.529. The van der Waals surface area contributed by atoms with Gasteiger partial charge in [-0.3, -0.25) is 0 Å². The fourth-order valence-corrected chi connectivity index (χ4v) is 4.03. The van der Waals surface area contributed by atoms with Crippen LogP contribution in [-0.4, -0.2) is 16.5 Å². The lowest BCUT2D eigenvalue weighted by Gasteiger charge is -2.14. The number of anilines is 1. The third-order valence-electron chi connectivity index (χ3n) is 4.26. The molecule has 0 saturated carbocycles. The number of hydrogen-bond acceptors (Lipinski definition) is 4. The number of fused-ring (bicyclic) bond motifs is 1. The Hall–Kier alpha value is -1.42. The predicted molar refractivity (Wildman–Crippen MR) is 91.3 cm³/mol. The van der Waals surface area contributed by atoms with Gasteiger partial charge in [-0.2, -0.15) is 0 Å². The van der Waals surface area contributed by atoms with Crippen LogP contribution in [0.1, 0.15) is 48.4 Å². The Morgan fingerprint density at radius 3 is 2.81 bits per heavy atom. The summed E-state index contributed by atoms with van der Waals surface area (Å²) in [5, 5.41) is 4.75. The first-order valence-corrected chi connectivity index (χ1v) is 8.63. The first-order chi connectivity index (χ1) is 10.1. The molecule has 4 heteroatoms. The molecule has 1 aliphatic carbocycles. The van der Waals surface area contributed by atoms with Crippen LogP contribution >= 0.6 is 11.3 Å². The summed E-state index contributed by atoms with van der Waals surface area (Å²) >= 11 is 1.77. The molecule has 0 fully saturated rings. The first kappa shape index (κ1) is 14.5. The van der Waals surface area contributed by atoms with Gasteiger partial charge in [0.25, 0.3) is 0 Å². The van der Waals surface area contributed by atoms with Crippen LogP contribution in [-0.2, 0) is 0 Å². The van der Waals surface area contributed by atoms with Gasteiger partial charge in [-0.05, 0) is 58.4 Å². The van der Waals surface area contributed by atoms with Crippen molar-refractivity contribution < 1.29 is 0 Å². The molecule has 2 aromatic rings. The zero-order valence-electron chi connectivity index (χ0n) is 13.1. The summed E-state index contributed by atoms with van der Waals surface area (Å²) in [6.07, 6.45) is 8.80. The first-order valence-electron chi connectivity index (χ1n) is 7.81. The average molecular weight is 301 g/mol. The van der Waals surface area contributed by atoms with Crippen LogP contribution in [0.4, 0.5) is 5.82 Å². The Morgan fingerprint density at radius 2 is 2.05 bits per heavy atom. The van der Waals surface area contributed by atoms with E-state index in [1.165, 1.54) is 41.5 Å². The van der Waals surface area contributed by atoms with Crippen molar-refractivity contribution in [2.45, 2.75) is 52.9 Å². The maximum Gasteiger partial charge on any atom is 0.138 e. The normalized spacial score (nSPS) is 15.3. The second kappa shape index (κ2) is 6.14. The maximum absolute atomic E-state index is 4.62. The minimum absolute atomic E-state index is 0.850. The predicted octanol–water partition coefficient (Wildman–Crippen LogP) is 4.92. The van der Waals surface area contributed by atoms with Crippen LogP contribution in [0.25, 0.3) is 10.2 Å². The van der Waals surface area contributed by atoms with Crippen LogP contribution < -0.4 is 5.32 Å². The molecule has 0 amide bonds. The van der Waals surface area contributed by atoms with E-state index in [-0.39, 0.29) is 0 Å². The fourth-order valence-electron chi connectivity index (χ4n) is 2.96. The smallest absolute Gasteiger partial charge is 0.138 e. The second-order valence-electron chi connectivity index (χ2n) is 5.87. The summed E-state index contributed by atoms with van der Waals surface area (Å²) in [6, 6.07) is 0. The molecule has 0 aliphatic heterocycles. The summed E-state index contributed by atoms with van der Waals surface area (Å²) in [5.41, 5.74) is 2.92. The van der Waals surface area contributed by atoms with E-state index < -0.39 is 0 Å². The molecule has 2 heterocycles. The van der Waals surface area contributed by atoms with Crippen LogP contribution in [0.5, 0.6) is 0 Å². The largest absolute Gasteiger partial charge is 0.369 e. The Morgan fingerprint density at radius 1 is 1.19 bits per heavy atom. The summed E-state index contributed by atoms with van der Waals surface area (Å²) < 4.78 is 0. The summed E-state index contributed by atoms with van der Waals surface area (Å²) in [6.45, 7) is 7.26. The molecule has 0 aromatic carbocycles. The van der Waals surface area contributed by atoms with Crippen molar-refractivity contribution in [3.63, 3.8) is 0 Å². The van der Waals surface area contributed by atoms with Gasteiger partial charge in [0.1, 0.15) is 16.5 Å². The van der Waals surface area contributed by atoms with E-state index in [2.05, 4.69) is 35.2 Å². The van der Waals surface area contributed by atoms with Crippen molar-refractivity contribution in [3.05, 3.63) is 27.9 Å². The third kappa shape index (κ3) is 3.10. The van der Waals surface area contributed by atoms with E-state index in [0.717, 1.165) is 29.4 Å². The highest BCUT2D eigenvalue weighted by Crippen LogP contribution is 2.33.